The average Bonchev–Trinajstić information content (AvgIpc) is 1.84. The van der Waals surface area contributed by atoms with Gasteiger partial charge in [0, 0.05) is 6.61 Å². The molecule has 12 heavy (non-hydrogen) atoms. The first-order valence-corrected chi connectivity index (χ1v) is 5.36. The molecule has 6 nitrogen and oxygen atoms in total. The number of amides is 1. The van der Waals surface area contributed by atoms with Crippen LogP contribution in [0.2, 0.25) is 0 Å². The van der Waals surface area contributed by atoms with Crippen LogP contribution in [-0.4, -0.2) is 19.1 Å². The number of rotatable bonds is 5. The van der Waals surface area contributed by atoms with Gasteiger partial charge in [0.1, 0.15) is 0 Å². The molecule has 0 rings (SSSR count). The Kier molecular flexibility index (Phi) is 5.08. The van der Waals surface area contributed by atoms with E-state index in [1.54, 1.807) is 0 Å². The molecule has 0 aromatic heterocycles. The minimum absolute atomic E-state index is 0.117. The van der Waals surface area contributed by atoms with Crippen LogP contribution in [-0.2, 0) is 14.1 Å². The molecule has 0 saturated carbocycles. The third-order valence-electron chi connectivity index (χ3n) is 0.977. The molecule has 0 bridgehead atoms. The van der Waals surface area contributed by atoms with Gasteiger partial charge in [-0.15, -0.1) is 0 Å². The summed E-state index contributed by atoms with van der Waals surface area (Å²) in [7, 11) is -3.43. The van der Waals surface area contributed by atoms with Gasteiger partial charge >= 0.3 is 0 Å². The lowest BCUT2D eigenvalue weighted by Crippen LogP contribution is -2.29. The van der Waals surface area contributed by atoms with E-state index in [1.165, 1.54) is 0 Å². The molecule has 72 valence electrons. The van der Waals surface area contributed by atoms with Crippen molar-refractivity contribution < 1.29 is 14.1 Å². The van der Waals surface area contributed by atoms with Gasteiger partial charge in [0.05, 0.1) is 13.0 Å². The van der Waals surface area contributed by atoms with Crippen LogP contribution in [0.3, 0.4) is 0 Å². The standard InChI is InChI=1S/C5H14N3O3P/c1-2-11-4-3-5(9)8-12(6,7)10/h2-4H2,1H3,(H5,6,7,8,9,10). The molecule has 0 saturated heterocycles. The van der Waals surface area contributed by atoms with E-state index in [-0.39, 0.29) is 13.0 Å². The van der Waals surface area contributed by atoms with Crippen molar-refractivity contribution in [1.29, 1.82) is 0 Å². The van der Waals surface area contributed by atoms with Crippen molar-refractivity contribution >= 4 is 13.5 Å². The molecule has 0 unspecified atom stereocenters. The van der Waals surface area contributed by atoms with Crippen molar-refractivity contribution in [3.8, 4) is 0 Å². The van der Waals surface area contributed by atoms with Gasteiger partial charge in [0.25, 0.3) is 7.59 Å². The first-order valence-electron chi connectivity index (χ1n) is 3.51. The molecule has 0 spiro atoms. The molecule has 1 amide bonds. The van der Waals surface area contributed by atoms with Gasteiger partial charge in [-0.3, -0.25) is 25.5 Å². The minimum atomic E-state index is -3.43. The lowest BCUT2D eigenvalue weighted by atomic mass is 10.4. The number of carbonyl (C=O) groups is 1. The Hall–Kier alpha value is -0.420. The van der Waals surface area contributed by atoms with Crippen LogP contribution < -0.4 is 16.1 Å². The summed E-state index contributed by atoms with van der Waals surface area (Å²) in [6.45, 7) is 2.63. The van der Waals surface area contributed by atoms with Gasteiger partial charge in [-0.05, 0) is 6.92 Å². The van der Waals surface area contributed by atoms with Crippen LogP contribution in [0.15, 0.2) is 0 Å². The first-order chi connectivity index (χ1) is 5.45. The Labute approximate surface area is 71.2 Å². The second kappa shape index (κ2) is 5.27. The minimum Gasteiger partial charge on any atom is -0.381 e. The van der Waals surface area contributed by atoms with E-state index in [2.05, 4.69) is 0 Å². The van der Waals surface area contributed by atoms with Gasteiger partial charge in [-0.25, -0.2) is 0 Å². The molecule has 0 fully saturated rings. The molecule has 7 heteroatoms. The number of nitrogens with two attached hydrogens (primary N) is 2. The fraction of sp³-hybridized carbons (Fsp3) is 0.800. The highest BCUT2D eigenvalue weighted by atomic mass is 31.2. The molecular formula is C5H14N3O3P. The molecule has 0 aliphatic carbocycles. The van der Waals surface area contributed by atoms with E-state index in [0.29, 0.717) is 6.61 Å². The Balaban J connectivity index is 3.54. The first kappa shape index (κ1) is 11.6. The highest BCUT2D eigenvalue weighted by Gasteiger charge is 2.11. The SMILES string of the molecule is CCOCCC(=O)NP(N)(N)=O. The summed E-state index contributed by atoms with van der Waals surface area (Å²) in [6.07, 6.45) is 0.117. The zero-order valence-corrected chi connectivity index (χ0v) is 7.84. The van der Waals surface area contributed by atoms with Crippen molar-refractivity contribution in [2.24, 2.45) is 11.0 Å². The number of carbonyl (C=O) groups excluding carboxylic acids is 1. The van der Waals surface area contributed by atoms with Crippen molar-refractivity contribution in [2.45, 2.75) is 13.3 Å². The van der Waals surface area contributed by atoms with E-state index in [4.69, 9.17) is 15.7 Å². The average molecular weight is 195 g/mol. The van der Waals surface area contributed by atoms with E-state index >= 15 is 0 Å². The monoisotopic (exact) mass is 195 g/mol. The molecule has 0 heterocycles. The zero-order chi connectivity index (χ0) is 9.61. The van der Waals surface area contributed by atoms with Crippen LogP contribution in [0.5, 0.6) is 0 Å². The molecule has 0 aliphatic heterocycles. The second-order valence-electron chi connectivity index (χ2n) is 2.19. The number of hydrogen-bond acceptors (Lipinski definition) is 3. The maximum absolute atomic E-state index is 10.8. The second-order valence-corrected chi connectivity index (χ2v) is 3.83. The maximum atomic E-state index is 10.8. The lowest BCUT2D eigenvalue weighted by Gasteiger charge is -2.07. The summed E-state index contributed by atoms with van der Waals surface area (Å²) >= 11 is 0. The quantitative estimate of drug-likeness (QED) is 0.407. The summed E-state index contributed by atoms with van der Waals surface area (Å²) in [4.78, 5) is 10.8. The van der Waals surface area contributed by atoms with Crippen molar-refractivity contribution in [1.82, 2.24) is 5.09 Å². The molecule has 5 N–H and O–H groups in total. The van der Waals surface area contributed by atoms with Crippen LogP contribution in [0.25, 0.3) is 0 Å². The summed E-state index contributed by atoms with van der Waals surface area (Å²) in [5, 5.41) is 1.97. The molecule has 0 aliphatic rings. The van der Waals surface area contributed by atoms with Crippen molar-refractivity contribution in [3.05, 3.63) is 0 Å². The van der Waals surface area contributed by atoms with Gasteiger partial charge in [-0.2, -0.15) is 0 Å². The fourth-order valence-electron chi connectivity index (χ4n) is 0.560. The topological polar surface area (TPSA) is 107 Å². The van der Waals surface area contributed by atoms with Crippen LogP contribution in [0, 0.1) is 0 Å². The largest absolute Gasteiger partial charge is 0.381 e. The normalized spacial score (nSPS) is 11.2. The van der Waals surface area contributed by atoms with E-state index in [1.807, 2.05) is 12.0 Å². The molecule has 0 aromatic carbocycles. The molecule has 0 atom stereocenters. The number of nitrogens with one attached hydrogen (secondary N) is 1. The van der Waals surface area contributed by atoms with Crippen LogP contribution in [0.1, 0.15) is 13.3 Å². The van der Waals surface area contributed by atoms with Crippen LogP contribution in [0.4, 0.5) is 0 Å². The highest BCUT2D eigenvalue weighted by Crippen LogP contribution is 2.16. The number of ether oxygens (including phenoxy) is 1. The Morgan fingerprint density at radius 1 is 1.58 bits per heavy atom. The predicted molar refractivity (Wildman–Crippen MR) is 45.2 cm³/mol. The van der Waals surface area contributed by atoms with Gasteiger partial charge in [0.15, 0.2) is 0 Å². The predicted octanol–water partition coefficient (Wildman–Crippen LogP) is -0.445. The van der Waals surface area contributed by atoms with E-state index < -0.39 is 13.5 Å². The smallest absolute Gasteiger partial charge is 0.300 e. The number of hydrogen-bond donors (Lipinski definition) is 3. The molecule has 0 radical (unpaired) electrons. The fourth-order valence-corrected chi connectivity index (χ4v) is 1.06. The lowest BCUT2D eigenvalue weighted by molar-refractivity contribution is -0.120. The Morgan fingerprint density at radius 3 is 2.58 bits per heavy atom. The summed E-state index contributed by atoms with van der Waals surface area (Å²) in [5.74, 6) is -0.461. The third kappa shape index (κ3) is 7.68. The van der Waals surface area contributed by atoms with Crippen molar-refractivity contribution in [2.75, 3.05) is 13.2 Å². The van der Waals surface area contributed by atoms with Crippen LogP contribution >= 0.6 is 7.59 Å². The van der Waals surface area contributed by atoms with E-state index in [9.17, 15) is 9.36 Å². The Bertz CT molecular complexity index is 190. The molecular weight excluding hydrogens is 181 g/mol. The summed E-state index contributed by atoms with van der Waals surface area (Å²) in [6, 6.07) is 0. The highest BCUT2D eigenvalue weighted by molar-refractivity contribution is 7.57. The maximum Gasteiger partial charge on any atom is 0.300 e. The third-order valence-corrected chi connectivity index (χ3v) is 1.58. The summed E-state index contributed by atoms with van der Waals surface area (Å²) < 4.78 is 15.5. The van der Waals surface area contributed by atoms with Gasteiger partial charge in [-0.1, -0.05) is 0 Å². The van der Waals surface area contributed by atoms with Gasteiger partial charge < -0.3 is 4.74 Å². The molecule has 0 aromatic rings. The van der Waals surface area contributed by atoms with Crippen molar-refractivity contribution in [3.63, 3.8) is 0 Å². The summed E-state index contributed by atoms with van der Waals surface area (Å²) in [5.41, 5.74) is 9.80. The van der Waals surface area contributed by atoms with Gasteiger partial charge in [0.2, 0.25) is 5.91 Å². The van der Waals surface area contributed by atoms with E-state index in [0.717, 1.165) is 0 Å². The Morgan fingerprint density at radius 2 is 2.17 bits per heavy atom. The zero-order valence-electron chi connectivity index (χ0n) is 6.95.